The molecule has 51 heavy (non-hydrogen) atoms. The summed E-state index contributed by atoms with van der Waals surface area (Å²) in [4.78, 5) is 87.0. The smallest absolute Gasteiger partial charge is 0.418 e. The number of carbonyl (C=O) groups is 6. The van der Waals surface area contributed by atoms with Crippen molar-refractivity contribution < 1.29 is 57.2 Å². The summed E-state index contributed by atoms with van der Waals surface area (Å²) in [5, 5.41) is 0. The second kappa shape index (κ2) is 19.1. The lowest BCUT2D eigenvalue weighted by atomic mass is 10.2. The maximum atomic E-state index is 12.9. The normalized spacial score (nSPS) is 12.0. The minimum Gasteiger partial charge on any atom is -0.459 e. The molecule has 0 radical (unpaired) electrons. The molecular formula is C32H43ClN6O12. The average Bonchev–Trinajstić information content (AvgIpc) is 3.04. The van der Waals surface area contributed by atoms with Gasteiger partial charge < -0.3 is 38.2 Å². The molecule has 0 saturated carbocycles. The van der Waals surface area contributed by atoms with Gasteiger partial charge in [-0.25, -0.2) is 29.1 Å². The molecule has 0 saturated heterocycles. The van der Waals surface area contributed by atoms with Crippen LogP contribution in [0.25, 0.3) is 0 Å². The second-order valence-electron chi connectivity index (χ2n) is 11.9. The molecule has 18 nitrogen and oxygen atoms in total. The highest BCUT2D eigenvalue weighted by Crippen LogP contribution is 2.20. The van der Waals surface area contributed by atoms with Crippen LogP contribution >= 0.6 is 11.6 Å². The molecule has 2 unspecified atom stereocenters. The topological polar surface area (TPSA) is 197 Å². The number of esters is 2. The molecule has 2 aromatic heterocycles. The number of aromatic nitrogens is 2. The Morgan fingerprint density at radius 2 is 1.10 bits per heavy atom. The zero-order valence-electron chi connectivity index (χ0n) is 29.9. The van der Waals surface area contributed by atoms with E-state index < -0.39 is 60.3 Å². The summed E-state index contributed by atoms with van der Waals surface area (Å²) in [6.07, 6.45) is -1.99. The van der Waals surface area contributed by atoms with Crippen LogP contribution < -0.4 is 9.80 Å². The van der Waals surface area contributed by atoms with Crippen molar-refractivity contribution >= 4 is 59.5 Å². The number of alkyl halides is 1. The Morgan fingerprint density at radius 1 is 0.686 bits per heavy atom. The molecule has 2 atom stereocenters. The van der Waals surface area contributed by atoms with Crippen LogP contribution in [-0.4, -0.2) is 115 Å². The number of pyridine rings is 2. The Morgan fingerprint density at radius 3 is 1.53 bits per heavy atom. The summed E-state index contributed by atoms with van der Waals surface area (Å²) < 4.78 is 31.0. The first-order chi connectivity index (χ1) is 23.8. The summed E-state index contributed by atoms with van der Waals surface area (Å²) in [7, 11) is 5.41. The van der Waals surface area contributed by atoms with Crippen LogP contribution in [0.3, 0.4) is 0 Å². The minimum atomic E-state index is -1.40. The number of hydrogen-bond acceptors (Lipinski definition) is 14. The highest BCUT2D eigenvalue weighted by molar-refractivity contribution is 6.20. The third-order valence-corrected chi connectivity index (χ3v) is 6.33. The van der Waals surface area contributed by atoms with E-state index in [2.05, 4.69) is 9.97 Å². The molecule has 2 aromatic rings. The van der Waals surface area contributed by atoms with Gasteiger partial charge in [0.05, 0.1) is 0 Å². The van der Waals surface area contributed by atoms with Crippen LogP contribution in [0.1, 0.15) is 45.7 Å². The van der Waals surface area contributed by atoms with Gasteiger partial charge in [-0.2, -0.15) is 0 Å². The van der Waals surface area contributed by atoms with Gasteiger partial charge >= 0.3 is 36.3 Å². The van der Waals surface area contributed by atoms with E-state index in [-0.39, 0.29) is 31.4 Å². The van der Waals surface area contributed by atoms with E-state index in [9.17, 15) is 28.8 Å². The van der Waals surface area contributed by atoms with Crippen molar-refractivity contribution in [1.29, 1.82) is 0 Å². The van der Waals surface area contributed by atoms with E-state index in [4.69, 9.17) is 40.0 Å². The maximum absolute atomic E-state index is 12.9. The predicted molar refractivity (Wildman–Crippen MR) is 181 cm³/mol. The molecule has 0 bridgehead atoms. The first kappa shape index (κ1) is 41.8. The molecule has 280 valence electrons. The van der Waals surface area contributed by atoms with Crippen LogP contribution in [-0.2, 0) is 51.2 Å². The third-order valence-electron chi connectivity index (χ3n) is 6.24. The zero-order chi connectivity index (χ0) is 38.5. The summed E-state index contributed by atoms with van der Waals surface area (Å²) in [6.45, 7) is 6.37. The molecule has 0 aromatic carbocycles. The van der Waals surface area contributed by atoms with Gasteiger partial charge in [0, 0.05) is 58.6 Å². The number of anilines is 2. The number of nitrogens with zero attached hydrogens (tertiary/aromatic N) is 6. The van der Waals surface area contributed by atoms with Gasteiger partial charge in [0.15, 0.2) is 5.56 Å². The molecule has 0 fully saturated rings. The predicted octanol–water partition coefficient (Wildman–Crippen LogP) is 4.27. The van der Waals surface area contributed by atoms with Crippen molar-refractivity contribution in [2.75, 3.05) is 51.1 Å². The lowest BCUT2D eigenvalue weighted by molar-refractivity contribution is -0.146. The van der Waals surface area contributed by atoms with Crippen molar-refractivity contribution in [1.82, 2.24) is 19.8 Å². The van der Waals surface area contributed by atoms with Gasteiger partial charge in [0.25, 0.3) is 0 Å². The highest BCUT2D eigenvalue weighted by Gasteiger charge is 2.26. The molecule has 0 N–H and O–H groups in total. The van der Waals surface area contributed by atoms with Crippen molar-refractivity contribution in [2.45, 2.75) is 65.3 Å². The minimum absolute atomic E-state index is 0.0858. The molecule has 19 heteroatoms. The van der Waals surface area contributed by atoms with Crippen LogP contribution in [0.2, 0.25) is 0 Å². The highest BCUT2D eigenvalue weighted by atomic mass is 35.5. The summed E-state index contributed by atoms with van der Waals surface area (Å²) in [5.41, 5.74) is -0.905. The van der Waals surface area contributed by atoms with E-state index >= 15 is 0 Å². The van der Waals surface area contributed by atoms with Crippen LogP contribution in [0.15, 0.2) is 36.7 Å². The van der Waals surface area contributed by atoms with Crippen LogP contribution in [0.4, 0.5) is 30.8 Å². The number of ether oxygens (including phenoxy) is 6. The molecular weight excluding hydrogens is 696 g/mol. The van der Waals surface area contributed by atoms with Crippen molar-refractivity contribution in [3.05, 3.63) is 47.8 Å². The quantitative estimate of drug-likeness (QED) is 0.122. The summed E-state index contributed by atoms with van der Waals surface area (Å²) >= 11 is 5.72. The van der Waals surface area contributed by atoms with Crippen LogP contribution in [0.5, 0.6) is 0 Å². The molecule has 2 heterocycles. The number of likely N-dealkylation sites (N-methyl/N-ethyl adjacent to an activating group) is 2. The Bertz CT molecular complexity index is 1550. The number of rotatable bonds is 13. The standard InChI is InChI=1S/C32H43ClN6O12/c1-20(33)48-30(44)38(8)26-22(12-10-14-34-26)18-46-24(40)16-36(6)28(42)49-21(2)50-31(45)39(9)27-23(13-11-15-35-27)19-47-25(41)17-37(7)29(43)51-32(3,4)5/h10-15,20-21H,16-19H2,1-9H3. The Kier molecular flexibility index (Phi) is 15.7. The van der Waals surface area contributed by atoms with Gasteiger partial charge in [0.1, 0.15) is 43.5 Å². The van der Waals surface area contributed by atoms with E-state index in [1.807, 2.05) is 0 Å². The number of hydrogen-bond donors (Lipinski definition) is 0. The first-order valence-electron chi connectivity index (χ1n) is 15.4. The summed E-state index contributed by atoms with van der Waals surface area (Å²) in [5.74, 6) is -1.29. The van der Waals surface area contributed by atoms with Gasteiger partial charge in [-0.1, -0.05) is 23.7 Å². The number of carbonyl (C=O) groups excluding carboxylic acids is 6. The first-order valence-corrected chi connectivity index (χ1v) is 15.8. The molecule has 2 rings (SSSR count). The Labute approximate surface area is 300 Å². The lowest BCUT2D eigenvalue weighted by Crippen LogP contribution is -2.38. The van der Waals surface area contributed by atoms with E-state index in [1.54, 1.807) is 45.0 Å². The zero-order valence-corrected chi connectivity index (χ0v) is 30.7. The van der Waals surface area contributed by atoms with E-state index in [1.165, 1.54) is 54.4 Å². The van der Waals surface area contributed by atoms with E-state index in [0.29, 0.717) is 11.1 Å². The fourth-order valence-corrected chi connectivity index (χ4v) is 3.90. The third kappa shape index (κ3) is 14.2. The Balaban J connectivity index is 1.88. The van der Waals surface area contributed by atoms with Crippen LogP contribution in [0, 0.1) is 0 Å². The number of halogens is 1. The van der Waals surface area contributed by atoms with Crippen molar-refractivity contribution in [2.24, 2.45) is 0 Å². The van der Waals surface area contributed by atoms with Crippen molar-refractivity contribution in [3.63, 3.8) is 0 Å². The fourth-order valence-electron chi connectivity index (χ4n) is 3.82. The van der Waals surface area contributed by atoms with Gasteiger partial charge in [0.2, 0.25) is 6.29 Å². The molecule has 4 amide bonds. The monoisotopic (exact) mass is 738 g/mol. The maximum Gasteiger partial charge on any atom is 0.418 e. The number of amides is 4. The van der Waals surface area contributed by atoms with Crippen molar-refractivity contribution in [3.8, 4) is 0 Å². The SMILES string of the molecule is CC(Cl)OC(=O)N(C)c1ncccc1COC(=O)CN(C)C(=O)OC(C)OC(=O)N(C)c1ncccc1COC(=O)CN(C)C(=O)OC(C)(C)C. The molecule has 0 aliphatic heterocycles. The lowest BCUT2D eigenvalue weighted by Gasteiger charge is -2.24. The van der Waals surface area contributed by atoms with Gasteiger partial charge in [-0.3, -0.25) is 19.4 Å². The second-order valence-corrected chi connectivity index (χ2v) is 12.5. The largest absolute Gasteiger partial charge is 0.459 e. The fraction of sp³-hybridized carbons (Fsp3) is 0.500. The average molecular weight is 739 g/mol. The molecule has 0 aliphatic rings. The van der Waals surface area contributed by atoms with Gasteiger partial charge in [-0.15, -0.1) is 0 Å². The molecule has 0 aliphatic carbocycles. The van der Waals surface area contributed by atoms with E-state index in [0.717, 1.165) is 19.6 Å². The van der Waals surface area contributed by atoms with Gasteiger partial charge in [-0.05, 0) is 39.8 Å². The molecule has 0 spiro atoms. The Hall–Kier alpha value is -5.39. The summed E-state index contributed by atoms with van der Waals surface area (Å²) in [6, 6.07) is 6.30.